The highest BCUT2D eigenvalue weighted by Gasteiger charge is 2.15. The molecular formula is C15H20BrCl2N3OS. The Morgan fingerprint density at radius 1 is 1.30 bits per heavy atom. The number of nitrogens with one attached hydrogen (secondary N) is 1. The van der Waals surface area contributed by atoms with E-state index in [0.717, 1.165) is 54.0 Å². The Bertz CT molecular complexity index is 645. The van der Waals surface area contributed by atoms with Crippen LogP contribution in [-0.4, -0.2) is 42.0 Å². The number of benzene rings is 1. The molecule has 0 unspecified atom stereocenters. The number of aryl methyl sites for hydroxylation is 1. The fourth-order valence-electron chi connectivity index (χ4n) is 2.52. The predicted molar refractivity (Wildman–Crippen MR) is 104 cm³/mol. The van der Waals surface area contributed by atoms with Gasteiger partial charge in [0.15, 0.2) is 0 Å². The summed E-state index contributed by atoms with van der Waals surface area (Å²) in [4.78, 5) is 18.9. The van der Waals surface area contributed by atoms with Crippen molar-refractivity contribution in [1.29, 1.82) is 0 Å². The molecule has 0 aliphatic carbocycles. The zero-order valence-corrected chi connectivity index (χ0v) is 16.6. The van der Waals surface area contributed by atoms with Gasteiger partial charge >= 0.3 is 0 Å². The first-order valence-electron chi connectivity index (χ1n) is 7.26. The molecule has 2 heterocycles. The summed E-state index contributed by atoms with van der Waals surface area (Å²) in [7, 11) is 0. The second-order valence-electron chi connectivity index (χ2n) is 5.20. The van der Waals surface area contributed by atoms with Gasteiger partial charge < -0.3 is 10.2 Å². The van der Waals surface area contributed by atoms with E-state index in [9.17, 15) is 4.79 Å². The zero-order valence-electron chi connectivity index (χ0n) is 12.6. The molecular weight excluding hydrogens is 421 g/mol. The summed E-state index contributed by atoms with van der Waals surface area (Å²) in [6, 6.07) is 6.13. The molecule has 0 spiro atoms. The number of hydrogen-bond acceptors (Lipinski definition) is 4. The average Bonchev–Trinajstić information content (AvgIpc) is 2.69. The summed E-state index contributed by atoms with van der Waals surface area (Å²) in [6.45, 7) is 3.61. The van der Waals surface area contributed by atoms with Crippen LogP contribution in [0.5, 0.6) is 0 Å². The van der Waals surface area contributed by atoms with Gasteiger partial charge in [0, 0.05) is 36.9 Å². The summed E-state index contributed by atoms with van der Waals surface area (Å²) in [6.07, 6.45) is 2.33. The quantitative estimate of drug-likeness (QED) is 0.791. The normalized spacial score (nSPS) is 14.7. The van der Waals surface area contributed by atoms with Crippen LogP contribution in [-0.2, 0) is 11.2 Å². The largest absolute Gasteiger partial charge is 0.341 e. The van der Waals surface area contributed by atoms with Gasteiger partial charge in [-0.3, -0.25) is 4.79 Å². The maximum absolute atomic E-state index is 12.3. The van der Waals surface area contributed by atoms with Crippen molar-refractivity contribution in [3.8, 4) is 0 Å². The van der Waals surface area contributed by atoms with Crippen LogP contribution in [0.25, 0.3) is 10.2 Å². The lowest BCUT2D eigenvalue weighted by molar-refractivity contribution is -0.130. The number of rotatable bonds is 3. The van der Waals surface area contributed by atoms with E-state index in [-0.39, 0.29) is 30.7 Å². The van der Waals surface area contributed by atoms with E-state index in [1.165, 1.54) is 4.70 Å². The SMILES string of the molecule is Cl.Cl.O=C(CCc1nc2cc(Br)ccc2s1)N1CCCNCC1. The molecule has 1 N–H and O–H groups in total. The van der Waals surface area contributed by atoms with Crippen LogP contribution >= 0.6 is 52.1 Å². The van der Waals surface area contributed by atoms with Gasteiger partial charge in [0.05, 0.1) is 15.2 Å². The van der Waals surface area contributed by atoms with Gasteiger partial charge in [-0.1, -0.05) is 15.9 Å². The molecule has 0 atom stereocenters. The Labute approximate surface area is 161 Å². The fraction of sp³-hybridized carbons (Fsp3) is 0.467. The number of aromatic nitrogens is 1. The van der Waals surface area contributed by atoms with E-state index >= 15 is 0 Å². The Morgan fingerprint density at radius 2 is 2.13 bits per heavy atom. The standard InChI is InChI=1S/C15H18BrN3OS.2ClH/c16-11-2-3-13-12(10-11)18-14(21-13)4-5-15(20)19-8-1-6-17-7-9-19;;/h2-3,10,17H,1,4-9H2;2*1H. The third kappa shape index (κ3) is 5.57. The number of nitrogens with zero attached hydrogens (tertiary/aromatic N) is 2. The van der Waals surface area contributed by atoms with Gasteiger partial charge in [-0.25, -0.2) is 4.98 Å². The van der Waals surface area contributed by atoms with Gasteiger partial charge in [0.1, 0.15) is 0 Å². The smallest absolute Gasteiger partial charge is 0.223 e. The first-order chi connectivity index (χ1) is 10.2. The van der Waals surface area contributed by atoms with Crippen molar-refractivity contribution in [1.82, 2.24) is 15.2 Å². The minimum atomic E-state index is 0. The van der Waals surface area contributed by atoms with Crippen LogP contribution in [0.4, 0.5) is 0 Å². The highest BCUT2D eigenvalue weighted by Crippen LogP contribution is 2.25. The highest BCUT2D eigenvalue weighted by molar-refractivity contribution is 9.10. The van der Waals surface area contributed by atoms with E-state index in [1.54, 1.807) is 11.3 Å². The van der Waals surface area contributed by atoms with Gasteiger partial charge in [-0.15, -0.1) is 36.2 Å². The molecule has 128 valence electrons. The molecule has 4 nitrogen and oxygen atoms in total. The van der Waals surface area contributed by atoms with Gasteiger partial charge in [0.2, 0.25) is 5.91 Å². The van der Waals surface area contributed by atoms with E-state index in [2.05, 4.69) is 32.3 Å². The molecule has 0 saturated carbocycles. The fourth-order valence-corrected chi connectivity index (χ4v) is 3.82. The second-order valence-corrected chi connectivity index (χ2v) is 7.23. The van der Waals surface area contributed by atoms with E-state index in [4.69, 9.17) is 0 Å². The average molecular weight is 441 g/mol. The van der Waals surface area contributed by atoms with Crippen molar-refractivity contribution in [2.45, 2.75) is 19.3 Å². The van der Waals surface area contributed by atoms with E-state index < -0.39 is 0 Å². The van der Waals surface area contributed by atoms with Crippen LogP contribution < -0.4 is 5.32 Å². The van der Waals surface area contributed by atoms with Crippen molar-refractivity contribution >= 4 is 68.2 Å². The maximum atomic E-state index is 12.3. The molecule has 1 aromatic carbocycles. The Morgan fingerprint density at radius 3 is 2.96 bits per heavy atom. The van der Waals surface area contributed by atoms with Crippen LogP contribution in [0.2, 0.25) is 0 Å². The highest BCUT2D eigenvalue weighted by atomic mass is 79.9. The van der Waals surface area contributed by atoms with Crippen LogP contribution in [0, 0.1) is 0 Å². The zero-order chi connectivity index (χ0) is 14.7. The first kappa shape index (κ1) is 20.6. The first-order valence-corrected chi connectivity index (χ1v) is 8.87. The third-order valence-corrected chi connectivity index (χ3v) is 5.23. The topological polar surface area (TPSA) is 45.2 Å². The molecule has 1 aliphatic rings. The monoisotopic (exact) mass is 439 g/mol. The van der Waals surface area contributed by atoms with E-state index in [1.807, 2.05) is 17.0 Å². The van der Waals surface area contributed by atoms with Gasteiger partial charge in [-0.2, -0.15) is 0 Å². The third-order valence-electron chi connectivity index (χ3n) is 3.64. The number of fused-ring (bicyclic) bond motifs is 1. The lowest BCUT2D eigenvalue weighted by atomic mass is 10.2. The summed E-state index contributed by atoms with van der Waals surface area (Å²) >= 11 is 5.14. The molecule has 1 fully saturated rings. The minimum absolute atomic E-state index is 0. The molecule has 3 rings (SSSR count). The molecule has 2 aromatic rings. The van der Waals surface area contributed by atoms with Crippen LogP contribution in [0.15, 0.2) is 22.7 Å². The van der Waals surface area contributed by atoms with Crippen molar-refractivity contribution in [3.63, 3.8) is 0 Å². The number of hydrogen-bond donors (Lipinski definition) is 1. The molecule has 8 heteroatoms. The predicted octanol–water partition coefficient (Wildman–Crippen LogP) is 3.66. The maximum Gasteiger partial charge on any atom is 0.223 e. The van der Waals surface area contributed by atoms with Crippen LogP contribution in [0.1, 0.15) is 17.8 Å². The van der Waals surface area contributed by atoms with Crippen LogP contribution in [0.3, 0.4) is 0 Å². The Balaban J connectivity index is 0.00000132. The molecule has 23 heavy (non-hydrogen) atoms. The van der Waals surface area contributed by atoms with Crippen molar-refractivity contribution in [2.75, 3.05) is 26.2 Å². The Hall–Kier alpha value is -0.400. The lowest BCUT2D eigenvalue weighted by Crippen LogP contribution is -2.34. The summed E-state index contributed by atoms with van der Waals surface area (Å²) in [5.74, 6) is 0.249. The summed E-state index contributed by atoms with van der Waals surface area (Å²) in [5, 5.41) is 4.37. The van der Waals surface area contributed by atoms with Crippen molar-refractivity contribution in [3.05, 3.63) is 27.7 Å². The van der Waals surface area contributed by atoms with Crippen molar-refractivity contribution < 1.29 is 4.79 Å². The Kier molecular flexibility index (Phi) is 8.79. The molecule has 1 saturated heterocycles. The number of halogens is 3. The lowest BCUT2D eigenvalue weighted by Gasteiger charge is -2.19. The van der Waals surface area contributed by atoms with Gasteiger partial charge in [0.25, 0.3) is 0 Å². The number of amides is 1. The molecule has 1 aliphatic heterocycles. The molecule has 1 aromatic heterocycles. The number of carbonyl (C=O) groups excluding carboxylic acids is 1. The van der Waals surface area contributed by atoms with Crippen molar-refractivity contribution in [2.24, 2.45) is 0 Å². The minimum Gasteiger partial charge on any atom is -0.341 e. The van der Waals surface area contributed by atoms with E-state index in [0.29, 0.717) is 6.42 Å². The summed E-state index contributed by atoms with van der Waals surface area (Å²) < 4.78 is 2.22. The number of thiazole rings is 1. The molecule has 1 amide bonds. The molecule has 0 radical (unpaired) electrons. The number of carbonyl (C=O) groups is 1. The second kappa shape index (κ2) is 9.79. The summed E-state index contributed by atoms with van der Waals surface area (Å²) in [5.41, 5.74) is 1.01. The van der Waals surface area contributed by atoms with Gasteiger partial charge in [-0.05, 0) is 31.2 Å². The molecule has 0 bridgehead atoms.